The predicted molar refractivity (Wildman–Crippen MR) is 95.4 cm³/mol. The minimum atomic E-state index is -0.284. The number of anilines is 1. The number of amides is 1. The zero-order valence-corrected chi connectivity index (χ0v) is 14.8. The van der Waals surface area contributed by atoms with E-state index in [2.05, 4.69) is 26.4 Å². The summed E-state index contributed by atoms with van der Waals surface area (Å²) in [5.41, 5.74) is 2.44. The van der Waals surface area contributed by atoms with Gasteiger partial charge in [-0.25, -0.2) is 0 Å². The fourth-order valence-corrected chi connectivity index (χ4v) is 2.57. The number of oxime groups is 1. The Hall–Kier alpha value is -2.54. The molecule has 126 valence electrons. The third kappa shape index (κ3) is 4.73. The number of rotatable bonds is 6. The van der Waals surface area contributed by atoms with E-state index in [-0.39, 0.29) is 12.5 Å². The summed E-state index contributed by atoms with van der Waals surface area (Å²) in [4.78, 5) is 12.0. The number of methoxy groups -OCH3 is 1. The van der Waals surface area contributed by atoms with Gasteiger partial charge in [0.15, 0.2) is 18.1 Å². The summed E-state index contributed by atoms with van der Waals surface area (Å²) in [5.74, 6) is 0.530. The maximum atomic E-state index is 12.0. The standard InChI is InChI=1S/C17H17BrN2O4/c1-11-3-5-13(6-4-11)20-16(21)10-24-17-14(18)7-12(9-19-22)8-15(17)23-2/h3-9,22H,10H2,1-2H3,(H,20,21)/b19-9-. The molecule has 0 saturated heterocycles. The lowest BCUT2D eigenvalue weighted by atomic mass is 10.2. The Kier molecular flexibility index (Phi) is 6.20. The van der Waals surface area contributed by atoms with Gasteiger partial charge in [0.1, 0.15) is 0 Å². The molecular weight excluding hydrogens is 376 g/mol. The molecule has 2 N–H and O–H groups in total. The van der Waals surface area contributed by atoms with Gasteiger partial charge in [-0.15, -0.1) is 0 Å². The van der Waals surface area contributed by atoms with E-state index >= 15 is 0 Å². The molecule has 0 spiro atoms. The molecule has 0 bridgehead atoms. The van der Waals surface area contributed by atoms with Crippen LogP contribution in [0.3, 0.4) is 0 Å². The molecule has 2 aromatic carbocycles. The van der Waals surface area contributed by atoms with Gasteiger partial charge in [-0.2, -0.15) is 0 Å². The summed E-state index contributed by atoms with van der Waals surface area (Å²) in [6.07, 6.45) is 1.27. The van der Waals surface area contributed by atoms with Gasteiger partial charge < -0.3 is 20.0 Å². The number of carbonyl (C=O) groups is 1. The van der Waals surface area contributed by atoms with Crippen LogP contribution in [0.5, 0.6) is 11.5 Å². The van der Waals surface area contributed by atoms with Crippen LogP contribution in [-0.4, -0.2) is 31.0 Å². The highest BCUT2D eigenvalue weighted by Crippen LogP contribution is 2.36. The van der Waals surface area contributed by atoms with Gasteiger partial charge in [-0.3, -0.25) is 4.79 Å². The SMILES string of the molecule is COc1cc(/C=N\O)cc(Br)c1OCC(=O)Nc1ccc(C)cc1. The maximum absolute atomic E-state index is 12.0. The highest BCUT2D eigenvalue weighted by atomic mass is 79.9. The lowest BCUT2D eigenvalue weighted by Crippen LogP contribution is -2.20. The first-order chi connectivity index (χ1) is 11.5. The number of nitrogens with zero attached hydrogens (tertiary/aromatic N) is 1. The molecular formula is C17H17BrN2O4. The average Bonchev–Trinajstić information content (AvgIpc) is 2.56. The Bertz CT molecular complexity index is 745. The van der Waals surface area contributed by atoms with E-state index in [4.69, 9.17) is 14.7 Å². The fourth-order valence-electron chi connectivity index (χ4n) is 1.99. The fraction of sp³-hybridized carbons (Fsp3) is 0.176. The zero-order valence-electron chi connectivity index (χ0n) is 13.2. The largest absolute Gasteiger partial charge is 0.493 e. The molecule has 0 aromatic heterocycles. The summed E-state index contributed by atoms with van der Waals surface area (Å²) >= 11 is 3.35. The summed E-state index contributed by atoms with van der Waals surface area (Å²) in [6, 6.07) is 10.8. The quantitative estimate of drug-likeness (QED) is 0.447. The highest BCUT2D eigenvalue weighted by molar-refractivity contribution is 9.10. The first kappa shape index (κ1) is 17.8. The zero-order chi connectivity index (χ0) is 17.5. The predicted octanol–water partition coefficient (Wildman–Crippen LogP) is 3.59. The molecule has 0 heterocycles. The van der Waals surface area contributed by atoms with Crippen LogP contribution in [0, 0.1) is 6.92 Å². The van der Waals surface area contributed by atoms with E-state index < -0.39 is 0 Å². The smallest absolute Gasteiger partial charge is 0.262 e. The van der Waals surface area contributed by atoms with Crippen molar-refractivity contribution in [1.29, 1.82) is 0 Å². The second-order valence-electron chi connectivity index (χ2n) is 4.98. The first-order valence-corrected chi connectivity index (χ1v) is 7.87. The second-order valence-corrected chi connectivity index (χ2v) is 5.84. The molecule has 0 aliphatic heterocycles. The Labute approximate surface area is 148 Å². The second kappa shape index (κ2) is 8.35. The van der Waals surface area contributed by atoms with Crippen molar-refractivity contribution in [3.8, 4) is 11.5 Å². The van der Waals surface area contributed by atoms with Crippen molar-refractivity contribution in [2.45, 2.75) is 6.92 Å². The van der Waals surface area contributed by atoms with E-state index in [0.29, 0.717) is 27.2 Å². The van der Waals surface area contributed by atoms with Gasteiger partial charge in [0.25, 0.3) is 5.91 Å². The first-order valence-electron chi connectivity index (χ1n) is 7.07. The molecule has 6 nitrogen and oxygen atoms in total. The lowest BCUT2D eigenvalue weighted by Gasteiger charge is -2.13. The third-order valence-electron chi connectivity index (χ3n) is 3.14. The Balaban J connectivity index is 2.05. The van der Waals surface area contributed by atoms with E-state index in [9.17, 15) is 4.79 Å². The van der Waals surface area contributed by atoms with Crippen LogP contribution in [0.25, 0.3) is 0 Å². The van der Waals surface area contributed by atoms with Crippen LogP contribution in [0.4, 0.5) is 5.69 Å². The van der Waals surface area contributed by atoms with Crippen LogP contribution >= 0.6 is 15.9 Å². The topological polar surface area (TPSA) is 80.2 Å². The molecule has 2 aromatic rings. The minimum absolute atomic E-state index is 0.170. The number of hydrogen-bond donors (Lipinski definition) is 2. The van der Waals surface area contributed by atoms with Gasteiger partial charge in [-0.05, 0) is 47.1 Å². The molecule has 0 atom stereocenters. The summed E-state index contributed by atoms with van der Waals surface area (Å²) < 4.78 is 11.4. The molecule has 7 heteroatoms. The van der Waals surface area contributed by atoms with E-state index in [0.717, 1.165) is 5.56 Å². The van der Waals surface area contributed by atoms with Crippen LogP contribution in [0.1, 0.15) is 11.1 Å². The van der Waals surface area contributed by atoms with Gasteiger partial charge >= 0.3 is 0 Å². The number of hydrogen-bond acceptors (Lipinski definition) is 5. The number of aryl methyl sites for hydroxylation is 1. The van der Waals surface area contributed by atoms with Crippen molar-refractivity contribution in [3.63, 3.8) is 0 Å². The van der Waals surface area contributed by atoms with Gasteiger partial charge in [0.05, 0.1) is 17.8 Å². The van der Waals surface area contributed by atoms with Crippen LogP contribution in [-0.2, 0) is 4.79 Å². The molecule has 24 heavy (non-hydrogen) atoms. The van der Waals surface area contributed by atoms with Crippen molar-refractivity contribution >= 4 is 33.7 Å². The van der Waals surface area contributed by atoms with Crippen molar-refractivity contribution in [3.05, 3.63) is 52.0 Å². The molecule has 0 fully saturated rings. The molecule has 2 rings (SSSR count). The normalized spacial score (nSPS) is 10.6. The average molecular weight is 393 g/mol. The summed E-state index contributed by atoms with van der Waals surface area (Å²) in [7, 11) is 1.49. The number of carbonyl (C=O) groups excluding carboxylic acids is 1. The van der Waals surface area contributed by atoms with Crippen LogP contribution < -0.4 is 14.8 Å². The number of ether oxygens (including phenoxy) is 2. The molecule has 0 aliphatic rings. The maximum Gasteiger partial charge on any atom is 0.262 e. The van der Waals surface area contributed by atoms with E-state index in [1.165, 1.54) is 13.3 Å². The Morgan fingerprint density at radius 1 is 1.33 bits per heavy atom. The van der Waals surface area contributed by atoms with Gasteiger partial charge in [-0.1, -0.05) is 22.9 Å². The number of benzene rings is 2. The summed E-state index contributed by atoms with van der Waals surface area (Å²) in [5, 5.41) is 14.3. The Morgan fingerprint density at radius 2 is 2.04 bits per heavy atom. The number of nitrogens with one attached hydrogen (secondary N) is 1. The lowest BCUT2D eigenvalue weighted by molar-refractivity contribution is -0.118. The Morgan fingerprint density at radius 3 is 2.67 bits per heavy atom. The van der Waals surface area contributed by atoms with Gasteiger partial charge in [0.2, 0.25) is 0 Å². The van der Waals surface area contributed by atoms with Crippen molar-refractivity contribution in [2.24, 2.45) is 5.16 Å². The molecule has 0 aliphatic carbocycles. The third-order valence-corrected chi connectivity index (χ3v) is 3.73. The molecule has 0 radical (unpaired) electrons. The molecule has 0 unspecified atom stereocenters. The highest BCUT2D eigenvalue weighted by Gasteiger charge is 2.13. The van der Waals surface area contributed by atoms with Crippen molar-refractivity contribution in [1.82, 2.24) is 0 Å². The molecule has 0 saturated carbocycles. The van der Waals surface area contributed by atoms with Crippen molar-refractivity contribution < 1.29 is 19.5 Å². The van der Waals surface area contributed by atoms with Crippen LogP contribution in [0.2, 0.25) is 0 Å². The van der Waals surface area contributed by atoms with E-state index in [1.807, 2.05) is 31.2 Å². The van der Waals surface area contributed by atoms with Gasteiger partial charge in [0, 0.05) is 11.3 Å². The minimum Gasteiger partial charge on any atom is -0.493 e. The van der Waals surface area contributed by atoms with Crippen molar-refractivity contribution in [2.75, 3.05) is 19.0 Å². The summed E-state index contributed by atoms with van der Waals surface area (Å²) in [6.45, 7) is 1.81. The monoisotopic (exact) mass is 392 g/mol. The van der Waals surface area contributed by atoms with E-state index in [1.54, 1.807) is 12.1 Å². The number of halogens is 1. The van der Waals surface area contributed by atoms with Crippen LogP contribution in [0.15, 0.2) is 46.0 Å². The molecule has 1 amide bonds.